The monoisotopic (exact) mass is 590 g/mol. The maximum Gasteiger partial charge on any atom is 0.0718 e. The molecule has 4 aliphatic rings. The zero-order valence-electron chi connectivity index (χ0n) is 14.5. The average molecular weight is 591 g/mol. The van der Waals surface area contributed by atoms with E-state index in [0.29, 0.717) is 0 Å². The van der Waals surface area contributed by atoms with Crippen LogP contribution in [0, 0.1) is 0 Å². The van der Waals surface area contributed by atoms with Crippen LogP contribution in [0.2, 0.25) is 0 Å². The van der Waals surface area contributed by atoms with Gasteiger partial charge in [-0.05, 0) is 24.7 Å². The molecule has 0 radical (unpaired) electrons. The predicted molar refractivity (Wildman–Crippen MR) is 160 cm³/mol. The van der Waals surface area contributed by atoms with Gasteiger partial charge in [0.15, 0.2) is 0 Å². The van der Waals surface area contributed by atoms with Gasteiger partial charge in [-0.15, -0.1) is 23.5 Å². The van der Waals surface area contributed by atoms with Crippen molar-refractivity contribution in [2.45, 2.75) is 0 Å². The molecule has 0 saturated heterocycles. The first-order valence-electron chi connectivity index (χ1n) is 7.74. The smallest absolute Gasteiger partial charge is 0.0718 e. The Morgan fingerprint density at radius 1 is 0.607 bits per heavy atom. The highest BCUT2D eigenvalue weighted by molar-refractivity contribution is 8.49. The number of thiol groups is 2. The van der Waals surface area contributed by atoms with E-state index in [1.807, 2.05) is 118 Å². The molecule has 28 heavy (non-hydrogen) atoms. The first kappa shape index (κ1) is 23.8. The molecule has 0 amide bonds. The lowest BCUT2D eigenvalue weighted by Crippen LogP contribution is -1.80. The molecule has 0 saturated carbocycles. The van der Waals surface area contributed by atoms with Crippen molar-refractivity contribution in [3.05, 3.63) is 55.9 Å². The fourth-order valence-corrected chi connectivity index (χ4v) is 16.9. The fraction of sp³-hybridized carbons (Fsp3) is 0.250. The molecular weight excluding hydrogens is 577 g/mol. The van der Waals surface area contributed by atoms with Gasteiger partial charge in [-0.2, -0.15) is 25.3 Å². The van der Waals surface area contributed by atoms with Crippen LogP contribution in [0.5, 0.6) is 0 Å². The maximum atomic E-state index is 4.44. The predicted octanol–water partition coefficient (Wildman–Crippen LogP) is 9.77. The highest BCUT2D eigenvalue weighted by atomic mass is 32.3. The van der Waals surface area contributed by atoms with Gasteiger partial charge in [0, 0.05) is 25.6 Å². The number of hydrogen-bond donors (Lipinski definition) is 2. The molecule has 0 N–H and O–H groups in total. The van der Waals surface area contributed by atoms with Crippen LogP contribution in [-0.2, 0) is 0 Å². The lowest BCUT2D eigenvalue weighted by Gasteiger charge is -2.05. The first-order chi connectivity index (χ1) is 13.6. The van der Waals surface area contributed by atoms with Crippen molar-refractivity contribution < 1.29 is 0 Å². The van der Waals surface area contributed by atoms with Crippen LogP contribution >= 0.6 is 143 Å². The molecule has 0 unspecified atom stereocenters. The van der Waals surface area contributed by atoms with Crippen LogP contribution in [0.25, 0.3) is 0 Å². The van der Waals surface area contributed by atoms with Crippen LogP contribution in [0.4, 0.5) is 0 Å². The zero-order chi connectivity index (χ0) is 19.7. The Morgan fingerprint density at radius 3 is 1.43 bits per heavy atom. The van der Waals surface area contributed by atoms with E-state index in [9.17, 15) is 0 Å². The molecule has 4 aliphatic heterocycles. The van der Waals surface area contributed by atoms with Gasteiger partial charge in [0.1, 0.15) is 0 Å². The summed E-state index contributed by atoms with van der Waals surface area (Å²) < 4.78 is 11.4. The Kier molecular flexibility index (Phi) is 9.49. The normalized spacial score (nSPS) is 22.4. The van der Waals surface area contributed by atoms with E-state index in [1.54, 1.807) is 0 Å². The Labute approximate surface area is 220 Å². The topological polar surface area (TPSA) is 0 Å². The van der Waals surface area contributed by atoms with Crippen molar-refractivity contribution in [3.63, 3.8) is 0 Å². The van der Waals surface area contributed by atoms with E-state index in [-0.39, 0.29) is 0 Å². The Bertz CT molecular complexity index is 814. The molecule has 12 heteroatoms. The number of thioether (sulfide) groups is 10. The van der Waals surface area contributed by atoms with Crippen molar-refractivity contribution in [3.8, 4) is 0 Å². The van der Waals surface area contributed by atoms with Crippen molar-refractivity contribution in [2.24, 2.45) is 0 Å². The number of hydrogen-bond acceptors (Lipinski definition) is 12. The van der Waals surface area contributed by atoms with Crippen LogP contribution < -0.4 is 0 Å². The second-order valence-electron chi connectivity index (χ2n) is 5.08. The molecule has 0 nitrogen and oxygen atoms in total. The second kappa shape index (κ2) is 11.2. The first-order valence-corrected chi connectivity index (χ1v) is 18.0. The van der Waals surface area contributed by atoms with E-state index in [1.165, 1.54) is 43.7 Å². The summed E-state index contributed by atoms with van der Waals surface area (Å²) in [5.41, 5.74) is 0. The van der Waals surface area contributed by atoms with Crippen LogP contribution in [0.1, 0.15) is 0 Å². The third-order valence-electron chi connectivity index (χ3n) is 3.40. The SMILES string of the molecule is CSC1=C(SC)SC(=C2SC3=C(SC(=CC=C4SC(CS)=C(CS)S4)S3)S2)S1. The quantitative estimate of drug-likeness (QED) is 0.296. The molecule has 0 atom stereocenters. The van der Waals surface area contributed by atoms with E-state index in [4.69, 9.17) is 0 Å². The summed E-state index contributed by atoms with van der Waals surface area (Å²) in [6, 6.07) is 0. The minimum atomic E-state index is 0.799. The highest BCUT2D eigenvalue weighted by Crippen LogP contribution is 2.70. The highest BCUT2D eigenvalue weighted by Gasteiger charge is 2.34. The molecule has 150 valence electrons. The summed E-state index contributed by atoms with van der Waals surface area (Å²) in [5.74, 6) is 1.60. The van der Waals surface area contributed by atoms with E-state index in [0.717, 1.165) is 11.5 Å². The van der Waals surface area contributed by atoms with Crippen molar-refractivity contribution in [1.29, 1.82) is 0 Å². The van der Waals surface area contributed by atoms with Crippen molar-refractivity contribution >= 4 is 143 Å². The average Bonchev–Trinajstić information content (AvgIpc) is 3.45. The minimum absolute atomic E-state index is 0.799. The summed E-state index contributed by atoms with van der Waals surface area (Å²) in [7, 11) is 0. The number of allylic oxidation sites excluding steroid dienone is 2. The van der Waals surface area contributed by atoms with Crippen LogP contribution in [-0.4, -0.2) is 24.0 Å². The summed E-state index contributed by atoms with van der Waals surface area (Å²) in [4.78, 5) is 2.69. The van der Waals surface area contributed by atoms with Crippen molar-refractivity contribution in [1.82, 2.24) is 0 Å². The van der Waals surface area contributed by atoms with Crippen molar-refractivity contribution in [2.75, 3.05) is 24.0 Å². The van der Waals surface area contributed by atoms with E-state index >= 15 is 0 Å². The third-order valence-corrected chi connectivity index (χ3v) is 18.3. The molecule has 0 spiro atoms. The molecule has 0 aromatic rings. The molecule has 0 bridgehead atoms. The largest absolute Gasteiger partial charge is 0.174 e. The standard InChI is InChI=1S/C16H14S12/c1-19-11-12(20-2)26-15(25-11)16-27-13-14(28-16)24-10(23-13)4-3-9-21-7(5-17)8(6-18)22-9/h3-4,17-18H,5-6H2,1-2H3. The van der Waals surface area contributed by atoms with Gasteiger partial charge in [0.2, 0.25) is 0 Å². The van der Waals surface area contributed by atoms with Gasteiger partial charge in [-0.3, -0.25) is 0 Å². The number of rotatable bonds is 5. The van der Waals surface area contributed by atoms with Crippen LogP contribution in [0.15, 0.2) is 55.9 Å². The third kappa shape index (κ3) is 5.40. The van der Waals surface area contributed by atoms with E-state index < -0.39 is 0 Å². The van der Waals surface area contributed by atoms with E-state index in [2.05, 4.69) is 49.9 Å². The van der Waals surface area contributed by atoms with Gasteiger partial charge in [0.05, 0.1) is 29.7 Å². The summed E-state index contributed by atoms with van der Waals surface area (Å²) in [6.07, 6.45) is 8.87. The van der Waals surface area contributed by atoms with Crippen LogP contribution in [0.3, 0.4) is 0 Å². The molecular formula is C16H14S12. The summed E-state index contributed by atoms with van der Waals surface area (Å²) in [5, 5.41) is 0. The summed E-state index contributed by atoms with van der Waals surface area (Å²) >= 11 is 27.9. The Hall–Kier alpha value is 2.64. The molecule has 0 aromatic carbocycles. The molecule has 0 fully saturated rings. The zero-order valence-corrected chi connectivity index (χ0v) is 24.5. The Morgan fingerprint density at radius 2 is 1.00 bits per heavy atom. The van der Waals surface area contributed by atoms with Gasteiger partial charge >= 0.3 is 0 Å². The van der Waals surface area contributed by atoms with Gasteiger partial charge in [0.25, 0.3) is 0 Å². The minimum Gasteiger partial charge on any atom is -0.174 e. The molecule has 4 heterocycles. The maximum absolute atomic E-state index is 4.44. The fourth-order valence-electron chi connectivity index (χ4n) is 2.18. The lowest BCUT2D eigenvalue weighted by atomic mass is 10.6. The molecule has 0 aliphatic carbocycles. The van der Waals surface area contributed by atoms with Gasteiger partial charge in [-0.1, -0.05) is 94.1 Å². The summed E-state index contributed by atoms with van der Waals surface area (Å²) in [6.45, 7) is 0. The second-order valence-corrected chi connectivity index (χ2v) is 17.9. The van der Waals surface area contributed by atoms with Gasteiger partial charge < -0.3 is 0 Å². The molecule has 4 rings (SSSR count). The van der Waals surface area contributed by atoms with Gasteiger partial charge in [-0.25, -0.2) is 0 Å². The molecule has 0 aromatic heterocycles. The lowest BCUT2D eigenvalue weighted by molar-refractivity contribution is 1.61. The Balaban J connectivity index is 1.36.